The van der Waals surface area contributed by atoms with E-state index >= 15 is 0 Å². The zero-order valence-electron chi connectivity index (χ0n) is 12.7. The predicted octanol–water partition coefficient (Wildman–Crippen LogP) is 1.65. The molecule has 1 N–H and O–H groups in total. The maximum atomic E-state index is 12.3. The molecular formula is C13H17N3O4S2. The summed E-state index contributed by atoms with van der Waals surface area (Å²) in [6.45, 7) is 3.83. The average Bonchev–Trinajstić information content (AvgIpc) is 2.95. The molecule has 2 aromatic heterocycles. The van der Waals surface area contributed by atoms with Gasteiger partial charge in [-0.2, -0.15) is 4.37 Å². The van der Waals surface area contributed by atoms with E-state index in [1.807, 2.05) is 19.9 Å². The second-order valence-corrected chi connectivity index (χ2v) is 7.38. The fourth-order valence-electron chi connectivity index (χ4n) is 1.92. The van der Waals surface area contributed by atoms with Gasteiger partial charge in [-0.3, -0.25) is 0 Å². The van der Waals surface area contributed by atoms with E-state index in [0.717, 1.165) is 22.8 Å². The maximum Gasteiger partial charge on any atom is 0.252 e. The van der Waals surface area contributed by atoms with Crippen LogP contribution in [-0.2, 0) is 16.6 Å². The highest BCUT2D eigenvalue weighted by atomic mass is 32.2. The number of aromatic nitrogens is 2. The van der Waals surface area contributed by atoms with Gasteiger partial charge >= 0.3 is 0 Å². The Morgan fingerprint density at radius 1 is 1.23 bits per heavy atom. The SMILES string of the molecule is COc1cc(S(=O)(=O)NCc2c(C)cc(C)nc2OC)sn1. The normalized spacial score (nSPS) is 11.5. The molecule has 0 radical (unpaired) electrons. The maximum absolute atomic E-state index is 12.3. The molecule has 0 saturated heterocycles. The van der Waals surface area contributed by atoms with Crippen LogP contribution in [0.4, 0.5) is 0 Å². The summed E-state index contributed by atoms with van der Waals surface area (Å²) in [7, 11) is -0.714. The summed E-state index contributed by atoms with van der Waals surface area (Å²) in [6, 6.07) is 3.26. The van der Waals surface area contributed by atoms with Crippen molar-refractivity contribution in [3.8, 4) is 11.8 Å². The van der Waals surface area contributed by atoms with Gasteiger partial charge in [0.25, 0.3) is 10.0 Å². The van der Waals surface area contributed by atoms with Crippen LogP contribution in [0, 0.1) is 13.8 Å². The van der Waals surface area contributed by atoms with Crippen molar-refractivity contribution in [3.63, 3.8) is 0 Å². The molecule has 7 nitrogen and oxygen atoms in total. The summed E-state index contributed by atoms with van der Waals surface area (Å²) in [4.78, 5) is 4.26. The Balaban J connectivity index is 2.22. The van der Waals surface area contributed by atoms with E-state index in [1.54, 1.807) is 0 Å². The minimum Gasteiger partial charge on any atom is -0.481 e. The number of nitrogens with zero attached hydrogens (tertiary/aromatic N) is 2. The van der Waals surface area contributed by atoms with Crippen molar-refractivity contribution in [3.05, 3.63) is 29.0 Å². The lowest BCUT2D eigenvalue weighted by Gasteiger charge is -2.12. The van der Waals surface area contributed by atoms with Crippen LogP contribution >= 0.6 is 11.5 Å². The quantitative estimate of drug-likeness (QED) is 0.858. The Morgan fingerprint density at radius 3 is 2.55 bits per heavy atom. The predicted molar refractivity (Wildman–Crippen MR) is 83.0 cm³/mol. The van der Waals surface area contributed by atoms with E-state index in [2.05, 4.69) is 14.1 Å². The second kappa shape index (κ2) is 6.59. The highest BCUT2D eigenvalue weighted by Crippen LogP contribution is 2.24. The van der Waals surface area contributed by atoms with Crippen LogP contribution in [0.15, 0.2) is 16.3 Å². The molecule has 9 heteroatoms. The Labute approximate surface area is 133 Å². The monoisotopic (exact) mass is 343 g/mol. The largest absolute Gasteiger partial charge is 0.481 e. The van der Waals surface area contributed by atoms with Gasteiger partial charge in [-0.25, -0.2) is 18.1 Å². The fraction of sp³-hybridized carbons (Fsp3) is 0.385. The molecule has 0 atom stereocenters. The third kappa shape index (κ3) is 3.54. The summed E-state index contributed by atoms with van der Waals surface area (Å²) in [5.74, 6) is 0.693. The highest BCUT2D eigenvalue weighted by Gasteiger charge is 2.20. The summed E-state index contributed by atoms with van der Waals surface area (Å²) >= 11 is 0.860. The molecule has 2 aromatic rings. The molecule has 0 bridgehead atoms. The lowest BCUT2D eigenvalue weighted by Crippen LogP contribution is -2.23. The van der Waals surface area contributed by atoms with Crippen molar-refractivity contribution in [2.24, 2.45) is 0 Å². The number of ether oxygens (including phenoxy) is 2. The first-order valence-corrected chi connectivity index (χ1v) is 8.64. The lowest BCUT2D eigenvalue weighted by molar-refractivity contribution is 0.390. The van der Waals surface area contributed by atoms with Crippen LogP contribution in [0.25, 0.3) is 0 Å². The van der Waals surface area contributed by atoms with Crippen LogP contribution < -0.4 is 14.2 Å². The molecule has 0 fully saturated rings. The van der Waals surface area contributed by atoms with Gasteiger partial charge in [0.1, 0.15) is 0 Å². The van der Waals surface area contributed by atoms with Gasteiger partial charge in [-0.05, 0) is 37.0 Å². The molecule has 0 amide bonds. The Morgan fingerprint density at radius 2 is 1.95 bits per heavy atom. The number of rotatable bonds is 6. The van der Waals surface area contributed by atoms with E-state index in [9.17, 15) is 8.42 Å². The van der Waals surface area contributed by atoms with Gasteiger partial charge < -0.3 is 9.47 Å². The summed E-state index contributed by atoms with van der Waals surface area (Å²) < 4.78 is 41.1. The first kappa shape index (κ1) is 16.7. The number of nitrogens with one attached hydrogen (secondary N) is 1. The molecule has 0 aromatic carbocycles. The van der Waals surface area contributed by atoms with E-state index < -0.39 is 10.0 Å². The van der Waals surface area contributed by atoms with Crippen molar-refractivity contribution in [1.82, 2.24) is 14.1 Å². The van der Waals surface area contributed by atoms with Gasteiger partial charge in [0.15, 0.2) is 4.21 Å². The smallest absolute Gasteiger partial charge is 0.252 e. The van der Waals surface area contributed by atoms with Gasteiger partial charge in [0, 0.05) is 23.9 Å². The van der Waals surface area contributed by atoms with Crippen LogP contribution in [-0.4, -0.2) is 32.0 Å². The van der Waals surface area contributed by atoms with E-state index in [-0.39, 0.29) is 16.6 Å². The number of hydrogen-bond acceptors (Lipinski definition) is 7. The van der Waals surface area contributed by atoms with Gasteiger partial charge in [-0.1, -0.05) is 0 Å². The standard InChI is InChI=1S/C13H17N3O4S2/c1-8-5-9(2)15-13(20-4)10(8)7-14-22(17,18)12-6-11(19-3)16-21-12/h5-6,14H,7H2,1-4H3. The van der Waals surface area contributed by atoms with Crippen molar-refractivity contribution < 1.29 is 17.9 Å². The van der Waals surface area contributed by atoms with Gasteiger partial charge in [0.2, 0.25) is 11.8 Å². The third-order valence-corrected chi connectivity index (χ3v) is 5.63. The van der Waals surface area contributed by atoms with Crippen LogP contribution in [0.5, 0.6) is 11.8 Å². The molecule has 0 unspecified atom stereocenters. The minimum absolute atomic E-state index is 0.0881. The first-order chi connectivity index (χ1) is 10.4. The van der Waals surface area contributed by atoms with E-state index in [4.69, 9.17) is 9.47 Å². The summed E-state index contributed by atoms with van der Waals surface area (Å²) in [6.07, 6.45) is 0. The molecule has 0 saturated carbocycles. The van der Waals surface area contributed by atoms with Gasteiger partial charge in [0.05, 0.1) is 14.2 Å². The highest BCUT2D eigenvalue weighted by molar-refractivity contribution is 7.91. The number of hydrogen-bond donors (Lipinski definition) is 1. The lowest BCUT2D eigenvalue weighted by atomic mass is 10.1. The van der Waals surface area contributed by atoms with Gasteiger partial charge in [-0.15, -0.1) is 0 Å². The minimum atomic E-state index is -3.66. The van der Waals surface area contributed by atoms with Crippen molar-refractivity contribution in [1.29, 1.82) is 0 Å². The van der Waals surface area contributed by atoms with E-state index in [1.165, 1.54) is 20.3 Å². The fourth-order valence-corrected chi connectivity index (χ4v) is 3.79. The molecule has 2 heterocycles. The van der Waals surface area contributed by atoms with Crippen LogP contribution in [0.3, 0.4) is 0 Å². The average molecular weight is 343 g/mol. The Bertz CT molecular complexity index is 772. The zero-order chi connectivity index (χ0) is 16.3. The first-order valence-electron chi connectivity index (χ1n) is 6.39. The number of sulfonamides is 1. The number of pyridine rings is 1. The van der Waals surface area contributed by atoms with Crippen molar-refractivity contribution in [2.45, 2.75) is 24.6 Å². The van der Waals surface area contributed by atoms with E-state index in [0.29, 0.717) is 11.4 Å². The molecule has 120 valence electrons. The van der Waals surface area contributed by atoms with Crippen molar-refractivity contribution in [2.75, 3.05) is 14.2 Å². The Kier molecular flexibility index (Phi) is 4.99. The topological polar surface area (TPSA) is 90.4 Å². The van der Waals surface area contributed by atoms with Crippen LogP contribution in [0.2, 0.25) is 0 Å². The third-order valence-electron chi connectivity index (χ3n) is 3.01. The molecule has 0 aliphatic rings. The summed E-state index contributed by atoms with van der Waals surface area (Å²) in [5, 5.41) is 0. The van der Waals surface area contributed by atoms with Crippen molar-refractivity contribution >= 4 is 21.6 Å². The molecule has 0 aliphatic heterocycles. The Hall–Kier alpha value is -1.71. The number of methoxy groups -OCH3 is 2. The van der Waals surface area contributed by atoms with Crippen LogP contribution in [0.1, 0.15) is 16.8 Å². The molecule has 22 heavy (non-hydrogen) atoms. The summed E-state index contributed by atoms with van der Waals surface area (Å²) in [5.41, 5.74) is 2.43. The molecule has 0 aliphatic carbocycles. The molecule has 2 rings (SSSR count). The molecule has 0 spiro atoms. The molecular weight excluding hydrogens is 326 g/mol. The number of aryl methyl sites for hydroxylation is 2. The zero-order valence-corrected chi connectivity index (χ0v) is 14.3. The second-order valence-electron chi connectivity index (χ2n) is 4.58.